The van der Waals surface area contributed by atoms with Crippen molar-refractivity contribution in [1.29, 1.82) is 0 Å². The van der Waals surface area contributed by atoms with Crippen LogP contribution in [-0.2, 0) is 14.9 Å². The molecule has 0 aliphatic heterocycles. The first-order valence-electron chi connectivity index (χ1n) is 5.27. The van der Waals surface area contributed by atoms with Crippen LogP contribution in [0.25, 0.3) is 0 Å². The Kier molecular flexibility index (Phi) is 5.86. The molecule has 1 unspecified atom stereocenters. The van der Waals surface area contributed by atoms with Crippen molar-refractivity contribution in [3.63, 3.8) is 0 Å². The summed E-state index contributed by atoms with van der Waals surface area (Å²) in [4.78, 5) is 11.1. The normalized spacial score (nSPS) is 15.4. The van der Waals surface area contributed by atoms with Crippen LogP contribution in [0.5, 0.6) is 0 Å². The molecule has 8 heteroatoms. The number of aliphatic hydroxyl groups excluding tert-OH is 1. The van der Waals surface area contributed by atoms with Crippen molar-refractivity contribution < 1.29 is 23.1 Å². The molecule has 0 saturated carbocycles. The van der Waals surface area contributed by atoms with Crippen molar-refractivity contribution in [2.75, 3.05) is 6.61 Å². The lowest BCUT2D eigenvalue weighted by molar-refractivity contribution is 0.121. The SMILES string of the molecule is CCC(C)(CO)NS(=O)(=O)NC(=O)OC(C)C. The molecule has 0 saturated heterocycles. The van der Waals surface area contributed by atoms with Crippen LogP contribution < -0.4 is 9.44 Å². The monoisotopic (exact) mass is 268 g/mol. The number of ether oxygens (including phenoxy) is 1. The van der Waals surface area contributed by atoms with E-state index in [1.807, 2.05) is 0 Å². The zero-order valence-electron chi connectivity index (χ0n) is 10.5. The first-order valence-corrected chi connectivity index (χ1v) is 6.75. The van der Waals surface area contributed by atoms with Gasteiger partial charge in [0.05, 0.1) is 18.2 Å². The summed E-state index contributed by atoms with van der Waals surface area (Å²) in [5, 5.41) is 9.06. The van der Waals surface area contributed by atoms with Crippen LogP contribution in [0.1, 0.15) is 34.1 Å². The Hall–Kier alpha value is -0.860. The van der Waals surface area contributed by atoms with E-state index in [1.165, 1.54) is 6.92 Å². The molecule has 3 N–H and O–H groups in total. The van der Waals surface area contributed by atoms with Gasteiger partial charge in [-0.15, -0.1) is 0 Å². The van der Waals surface area contributed by atoms with E-state index in [4.69, 9.17) is 5.11 Å². The van der Waals surface area contributed by atoms with Gasteiger partial charge in [0.1, 0.15) is 0 Å². The van der Waals surface area contributed by atoms with E-state index in [2.05, 4.69) is 9.46 Å². The van der Waals surface area contributed by atoms with Crippen LogP contribution in [0.2, 0.25) is 0 Å². The number of carbonyl (C=O) groups excluding carboxylic acids is 1. The fourth-order valence-corrected chi connectivity index (χ4v) is 2.09. The highest BCUT2D eigenvalue weighted by atomic mass is 32.2. The van der Waals surface area contributed by atoms with Gasteiger partial charge in [-0.25, -0.2) is 9.52 Å². The summed E-state index contributed by atoms with van der Waals surface area (Å²) in [5.41, 5.74) is -1.01. The Balaban J connectivity index is 4.55. The first kappa shape index (κ1) is 16.1. The van der Waals surface area contributed by atoms with E-state index in [0.717, 1.165) is 0 Å². The smallest absolute Gasteiger partial charge is 0.422 e. The molecule has 0 aromatic carbocycles. The second-order valence-electron chi connectivity index (χ2n) is 4.23. The van der Waals surface area contributed by atoms with Gasteiger partial charge in [0, 0.05) is 0 Å². The third kappa shape index (κ3) is 6.44. The Bertz CT molecular complexity index is 348. The van der Waals surface area contributed by atoms with Crippen LogP contribution in [0.3, 0.4) is 0 Å². The average Bonchev–Trinajstić information content (AvgIpc) is 2.14. The number of amides is 1. The highest BCUT2D eigenvalue weighted by Crippen LogP contribution is 2.08. The van der Waals surface area contributed by atoms with E-state index in [9.17, 15) is 13.2 Å². The zero-order valence-corrected chi connectivity index (χ0v) is 11.3. The number of rotatable bonds is 6. The minimum atomic E-state index is -4.04. The Morgan fingerprint density at radius 1 is 1.47 bits per heavy atom. The largest absolute Gasteiger partial charge is 0.446 e. The van der Waals surface area contributed by atoms with E-state index in [1.54, 1.807) is 25.5 Å². The van der Waals surface area contributed by atoms with Gasteiger partial charge >= 0.3 is 16.3 Å². The minimum absolute atomic E-state index is 0.371. The van der Waals surface area contributed by atoms with E-state index < -0.39 is 27.9 Å². The number of nitrogens with one attached hydrogen (secondary N) is 2. The van der Waals surface area contributed by atoms with Gasteiger partial charge < -0.3 is 9.84 Å². The van der Waals surface area contributed by atoms with Crippen molar-refractivity contribution in [1.82, 2.24) is 9.44 Å². The van der Waals surface area contributed by atoms with Gasteiger partial charge in [0.2, 0.25) is 0 Å². The Morgan fingerprint density at radius 2 is 2.00 bits per heavy atom. The van der Waals surface area contributed by atoms with E-state index in [0.29, 0.717) is 6.42 Å². The molecule has 0 fully saturated rings. The molecule has 1 amide bonds. The highest BCUT2D eigenvalue weighted by Gasteiger charge is 2.28. The molecular formula is C9H20N2O5S. The summed E-state index contributed by atoms with van der Waals surface area (Å²) in [5.74, 6) is 0. The number of carbonyl (C=O) groups is 1. The van der Waals surface area contributed by atoms with Crippen LogP contribution in [0, 0.1) is 0 Å². The molecule has 102 valence electrons. The molecule has 0 aromatic rings. The topological polar surface area (TPSA) is 105 Å². The van der Waals surface area contributed by atoms with Crippen molar-refractivity contribution >= 4 is 16.3 Å². The molecule has 17 heavy (non-hydrogen) atoms. The molecule has 0 bridgehead atoms. The maximum atomic E-state index is 11.5. The number of aliphatic hydroxyl groups is 1. The molecule has 0 rings (SSSR count). The van der Waals surface area contributed by atoms with Crippen LogP contribution in [0.15, 0.2) is 0 Å². The second kappa shape index (κ2) is 6.18. The molecule has 0 radical (unpaired) electrons. The quantitative estimate of drug-likeness (QED) is 0.634. The molecule has 0 heterocycles. The van der Waals surface area contributed by atoms with Crippen molar-refractivity contribution in [2.45, 2.75) is 45.8 Å². The van der Waals surface area contributed by atoms with Crippen molar-refractivity contribution in [2.24, 2.45) is 0 Å². The van der Waals surface area contributed by atoms with Gasteiger partial charge in [0.15, 0.2) is 0 Å². The minimum Gasteiger partial charge on any atom is -0.446 e. The van der Waals surface area contributed by atoms with Crippen molar-refractivity contribution in [3.8, 4) is 0 Å². The standard InChI is InChI=1S/C9H20N2O5S/c1-5-9(4,6-12)11-17(14,15)10-8(13)16-7(2)3/h7,11-12H,5-6H2,1-4H3,(H,10,13). The highest BCUT2D eigenvalue weighted by molar-refractivity contribution is 7.88. The predicted molar refractivity (Wildman–Crippen MR) is 62.6 cm³/mol. The molecule has 0 aliphatic carbocycles. The maximum Gasteiger partial charge on any atom is 0.422 e. The molecule has 0 aromatic heterocycles. The van der Waals surface area contributed by atoms with E-state index >= 15 is 0 Å². The van der Waals surface area contributed by atoms with Gasteiger partial charge in [-0.1, -0.05) is 6.92 Å². The van der Waals surface area contributed by atoms with E-state index in [-0.39, 0.29) is 6.61 Å². The number of hydrogen-bond donors (Lipinski definition) is 3. The molecule has 0 spiro atoms. The molecular weight excluding hydrogens is 248 g/mol. The van der Waals surface area contributed by atoms with Gasteiger partial charge in [-0.2, -0.15) is 13.1 Å². The van der Waals surface area contributed by atoms with Crippen molar-refractivity contribution in [3.05, 3.63) is 0 Å². The fraction of sp³-hybridized carbons (Fsp3) is 0.889. The van der Waals surface area contributed by atoms with Crippen LogP contribution in [-0.4, -0.2) is 37.9 Å². The molecule has 7 nitrogen and oxygen atoms in total. The first-order chi connectivity index (χ1) is 7.64. The number of hydrogen-bond acceptors (Lipinski definition) is 5. The van der Waals surface area contributed by atoms with Crippen LogP contribution in [0.4, 0.5) is 4.79 Å². The third-order valence-electron chi connectivity index (χ3n) is 2.07. The lowest BCUT2D eigenvalue weighted by Gasteiger charge is -2.26. The van der Waals surface area contributed by atoms with Crippen LogP contribution >= 0.6 is 0 Å². The average molecular weight is 268 g/mol. The summed E-state index contributed by atoms with van der Waals surface area (Å²) in [6.07, 6.45) is -1.09. The summed E-state index contributed by atoms with van der Waals surface area (Å²) >= 11 is 0. The summed E-state index contributed by atoms with van der Waals surface area (Å²) in [7, 11) is -4.04. The second-order valence-corrected chi connectivity index (χ2v) is 5.65. The van der Waals surface area contributed by atoms with Gasteiger partial charge in [0.25, 0.3) is 0 Å². The lowest BCUT2D eigenvalue weighted by atomic mass is 10.0. The third-order valence-corrected chi connectivity index (χ3v) is 3.27. The summed E-state index contributed by atoms with van der Waals surface area (Å²) < 4.78 is 31.6. The molecule has 0 aliphatic rings. The fourth-order valence-electron chi connectivity index (χ4n) is 0.914. The Morgan fingerprint density at radius 3 is 2.35 bits per heavy atom. The lowest BCUT2D eigenvalue weighted by Crippen LogP contribution is -2.53. The zero-order chi connectivity index (χ0) is 13.7. The Labute approximate surface area is 102 Å². The predicted octanol–water partition coefficient (Wildman–Crippen LogP) is 0.116. The van der Waals surface area contributed by atoms with Gasteiger partial charge in [-0.05, 0) is 27.2 Å². The summed E-state index contributed by atoms with van der Waals surface area (Å²) in [6, 6.07) is 0. The van der Waals surface area contributed by atoms with Gasteiger partial charge in [-0.3, -0.25) is 0 Å². The summed E-state index contributed by atoms with van der Waals surface area (Å²) in [6.45, 7) is 6.07. The molecule has 1 atom stereocenters. The maximum absolute atomic E-state index is 11.5.